The number of ether oxygens (including phenoxy) is 1. The predicted molar refractivity (Wildman–Crippen MR) is 88.0 cm³/mol. The molecule has 2 aromatic rings. The van der Waals surface area contributed by atoms with Crippen molar-refractivity contribution in [1.82, 2.24) is 19.5 Å². The van der Waals surface area contributed by atoms with Crippen LogP contribution in [0, 0.1) is 0 Å². The van der Waals surface area contributed by atoms with E-state index in [2.05, 4.69) is 19.5 Å². The fourth-order valence-corrected chi connectivity index (χ4v) is 2.74. The van der Waals surface area contributed by atoms with E-state index in [0.717, 1.165) is 0 Å². The molecule has 0 bridgehead atoms. The number of rotatable bonds is 4. The van der Waals surface area contributed by atoms with Gasteiger partial charge < -0.3 is 30.5 Å². The number of imidazole rings is 1. The second-order valence-electron chi connectivity index (χ2n) is 5.11. The van der Waals surface area contributed by atoms with E-state index in [1.165, 1.54) is 10.9 Å². The minimum absolute atomic E-state index is 0. The van der Waals surface area contributed by atoms with Crippen LogP contribution in [0.15, 0.2) is 11.1 Å². The molecule has 0 saturated carbocycles. The third kappa shape index (κ3) is 5.51. The van der Waals surface area contributed by atoms with Crippen LogP contribution in [0.25, 0.3) is 11.2 Å². The first-order chi connectivity index (χ1) is 11.2. The van der Waals surface area contributed by atoms with Crippen LogP contribution in [-0.2, 0) is 13.8 Å². The van der Waals surface area contributed by atoms with Gasteiger partial charge in [0, 0.05) is 103 Å². The maximum Gasteiger partial charge on any atom is 0.469 e. The number of nitrogens with one attached hydrogen (secondary N) is 1. The second-order valence-corrected chi connectivity index (χ2v) is 6.35. The van der Waals surface area contributed by atoms with E-state index < -0.39 is 44.5 Å². The van der Waals surface area contributed by atoms with Crippen molar-refractivity contribution in [3.05, 3.63) is 16.7 Å². The molecular weight excluding hydrogens is 427 g/mol. The fourth-order valence-electron chi connectivity index (χ4n) is 2.40. The van der Waals surface area contributed by atoms with Crippen LogP contribution < -0.4 is 11.3 Å². The quantitative estimate of drug-likeness (QED) is 0.204. The fraction of sp³-hybridized carbons (Fsp3) is 0.500. The molecule has 1 saturated heterocycles. The molecule has 26 heavy (non-hydrogen) atoms. The Balaban J connectivity index is 0.00000169. The Morgan fingerprint density at radius 1 is 1.35 bits per heavy atom. The van der Waals surface area contributed by atoms with Crippen LogP contribution in [0.4, 0.5) is 5.95 Å². The number of phosphoric ester groups is 1. The maximum atomic E-state index is 11.7. The first kappa shape index (κ1) is 25.4. The number of aromatic nitrogens is 4. The minimum atomic E-state index is -4.76. The van der Waals surface area contributed by atoms with Crippen LogP contribution in [0.2, 0.25) is 0 Å². The summed E-state index contributed by atoms with van der Waals surface area (Å²) in [5.41, 5.74) is 4.84. The van der Waals surface area contributed by atoms with Crippen molar-refractivity contribution in [2.75, 3.05) is 12.3 Å². The summed E-state index contributed by atoms with van der Waals surface area (Å²) in [6.07, 6.45) is -4.22. The van der Waals surface area contributed by atoms with Crippen molar-refractivity contribution in [2.24, 2.45) is 0 Å². The van der Waals surface area contributed by atoms with Crippen LogP contribution >= 0.6 is 7.82 Å². The van der Waals surface area contributed by atoms with Gasteiger partial charge in [-0.05, 0) is 0 Å². The summed E-state index contributed by atoms with van der Waals surface area (Å²) < 4.78 is 21.6. The SMILES string of the molecule is Nc1nc2c(ncn2[C@@H]2O[C@H](COP(=O)(O)O)[C@@H](O)[C@H]2O)c(=O)[nH]1.[K].[K]. The summed E-state index contributed by atoms with van der Waals surface area (Å²) in [5.74, 6) is -0.177. The van der Waals surface area contributed by atoms with Crippen molar-refractivity contribution >= 4 is 128 Å². The molecule has 2 aromatic heterocycles. The van der Waals surface area contributed by atoms with Gasteiger partial charge in [0.1, 0.15) is 18.3 Å². The summed E-state index contributed by atoms with van der Waals surface area (Å²) in [6, 6.07) is 0. The van der Waals surface area contributed by atoms with E-state index >= 15 is 0 Å². The van der Waals surface area contributed by atoms with Crippen molar-refractivity contribution < 1.29 is 33.8 Å². The Kier molecular flexibility index (Phi) is 9.74. The maximum absolute atomic E-state index is 11.7. The van der Waals surface area contributed by atoms with E-state index in [1.807, 2.05) is 0 Å². The van der Waals surface area contributed by atoms with Gasteiger partial charge in [0.05, 0.1) is 12.9 Å². The van der Waals surface area contributed by atoms with Gasteiger partial charge in [0.15, 0.2) is 17.4 Å². The van der Waals surface area contributed by atoms with E-state index in [4.69, 9.17) is 20.3 Å². The number of aliphatic hydroxyl groups is 2. The molecule has 4 atom stereocenters. The standard InChI is InChI=1S/C10H14N5O8P.2K/c11-10-13-7-4(8(18)14-10)12-2-15(7)9-6(17)5(16)3(23-9)1-22-24(19,20)21;;/h2-3,5-6,9,16-17H,1H2,(H2,19,20,21)(H3,11,13,14,18);;/t3-,5-,6-,9-;;/m1../s1. The minimum Gasteiger partial charge on any atom is -0.387 e. The molecule has 134 valence electrons. The number of aromatic amines is 1. The van der Waals surface area contributed by atoms with Crippen molar-refractivity contribution in [2.45, 2.75) is 24.5 Å². The monoisotopic (exact) mass is 441 g/mol. The molecule has 0 unspecified atom stereocenters. The number of hydrogen-bond donors (Lipinski definition) is 6. The molecular formula is C10H14K2N5O8P. The van der Waals surface area contributed by atoms with Gasteiger partial charge >= 0.3 is 7.82 Å². The van der Waals surface area contributed by atoms with E-state index in [0.29, 0.717) is 0 Å². The average Bonchev–Trinajstić information content (AvgIpc) is 3.00. The smallest absolute Gasteiger partial charge is 0.387 e. The van der Waals surface area contributed by atoms with Crippen molar-refractivity contribution in [1.29, 1.82) is 0 Å². The largest absolute Gasteiger partial charge is 0.469 e. The molecule has 1 fully saturated rings. The zero-order valence-corrected chi connectivity index (χ0v) is 21.0. The van der Waals surface area contributed by atoms with Gasteiger partial charge in [-0.2, -0.15) is 4.98 Å². The van der Waals surface area contributed by atoms with Crippen LogP contribution in [0.5, 0.6) is 0 Å². The molecule has 1 aliphatic heterocycles. The summed E-state index contributed by atoms with van der Waals surface area (Å²) in [4.78, 5) is 39.1. The van der Waals surface area contributed by atoms with Gasteiger partial charge in [-0.25, -0.2) is 9.55 Å². The van der Waals surface area contributed by atoms with Gasteiger partial charge in [0.2, 0.25) is 5.95 Å². The Morgan fingerprint density at radius 3 is 2.62 bits per heavy atom. The Morgan fingerprint density at radius 2 is 2.00 bits per heavy atom. The number of phosphoric acid groups is 1. The van der Waals surface area contributed by atoms with Gasteiger partial charge in [0.25, 0.3) is 5.56 Å². The summed E-state index contributed by atoms with van der Waals surface area (Å²) in [5, 5.41) is 20.1. The van der Waals surface area contributed by atoms with Gasteiger partial charge in [-0.15, -0.1) is 0 Å². The zero-order chi connectivity index (χ0) is 17.6. The summed E-state index contributed by atoms with van der Waals surface area (Å²) in [6.45, 7) is -0.651. The molecule has 0 amide bonds. The van der Waals surface area contributed by atoms with Crippen molar-refractivity contribution in [3.8, 4) is 0 Å². The first-order valence-electron chi connectivity index (χ1n) is 6.61. The third-order valence-corrected chi connectivity index (χ3v) is 3.95. The van der Waals surface area contributed by atoms with E-state index in [9.17, 15) is 19.6 Å². The molecule has 0 aromatic carbocycles. The normalized spacial score (nSPS) is 25.7. The van der Waals surface area contributed by atoms with Crippen molar-refractivity contribution in [3.63, 3.8) is 0 Å². The van der Waals surface area contributed by atoms with Crippen LogP contribution in [0.3, 0.4) is 0 Å². The average molecular weight is 441 g/mol. The molecule has 7 N–H and O–H groups in total. The van der Waals surface area contributed by atoms with Gasteiger partial charge in [-0.3, -0.25) is 18.9 Å². The zero-order valence-electron chi connectivity index (χ0n) is 13.9. The number of hydrogen-bond acceptors (Lipinski definition) is 9. The Labute approximate surface area is 230 Å². The molecule has 16 heteroatoms. The molecule has 1 aliphatic rings. The number of anilines is 1. The second kappa shape index (κ2) is 9.95. The third-order valence-electron chi connectivity index (χ3n) is 3.47. The summed E-state index contributed by atoms with van der Waals surface area (Å²) >= 11 is 0. The van der Waals surface area contributed by atoms with Crippen LogP contribution in [0.1, 0.15) is 6.23 Å². The Bertz CT molecular complexity index is 871. The molecule has 3 rings (SSSR count). The molecule has 0 aliphatic carbocycles. The van der Waals surface area contributed by atoms with Crippen LogP contribution in [-0.4, -0.2) is 167 Å². The number of nitrogens with zero attached hydrogens (tertiary/aromatic N) is 3. The predicted octanol–water partition coefficient (Wildman–Crippen LogP) is -3.33. The van der Waals surface area contributed by atoms with Gasteiger partial charge in [-0.1, -0.05) is 0 Å². The number of nitrogens with two attached hydrogens (primary N) is 1. The summed E-state index contributed by atoms with van der Waals surface area (Å²) in [7, 11) is -4.76. The number of nitrogen functional groups attached to an aromatic ring is 1. The molecule has 3 heterocycles. The van der Waals surface area contributed by atoms with E-state index in [1.54, 1.807) is 0 Å². The molecule has 0 spiro atoms. The first-order valence-corrected chi connectivity index (χ1v) is 8.14. The molecule has 13 nitrogen and oxygen atoms in total. The molecule has 2 radical (unpaired) electrons. The number of aliphatic hydroxyl groups excluding tert-OH is 2. The van der Waals surface area contributed by atoms with E-state index in [-0.39, 0.29) is 120 Å². The Hall–Kier alpha value is 1.41. The number of H-pyrrole nitrogens is 1. The number of fused-ring (bicyclic) bond motifs is 1. The topological polar surface area (TPSA) is 206 Å².